The van der Waals surface area contributed by atoms with Crippen molar-refractivity contribution >= 4 is 36.5 Å². The van der Waals surface area contributed by atoms with E-state index in [1.165, 1.54) is 6.33 Å². The Kier molecular flexibility index (Phi) is 8.47. The number of hydrogen-bond acceptors (Lipinski definition) is 12. The highest BCUT2D eigenvalue weighted by atomic mass is 31.2. The molecule has 0 aromatic carbocycles. The predicted octanol–water partition coefficient (Wildman–Crippen LogP) is 2.37. The van der Waals surface area contributed by atoms with Crippen LogP contribution in [0.4, 0.5) is 5.82 Å². The van der Waals surface area contributed by atoms with Gasteiger partial charge in [0.25, 0.3) is 0 Å². The monoisotopic (exact) mass is 512 g/mol. The van der Waals surface area contributed by atoms with E-state index in [9.17, 15) is 14.2 Å². The summed E-state index contributed by atoms with van der Waals surface area (Å²) in [6.45, 7) is 6.12. The summed E-state index contributed by atoms with van der Waals surface area (Å²) in [4.78, 5) is 37.9. The lowest BCUT2D eigenvalue weighted by Gasteiger charge is -2.31. The van der Waals surface area contributed by atoms with Crippen molar-refractivity contribution in [2.24, 2.45) is 11.8 Å². The van der Waals surface area contributed by atoms with Crippen LogP contribution in [0.1, 0.15) is 40.5 Å². The van der Waals surface area contributed by atoms with Crippen LogP contribution in [0.25, 0.3) is 11.2 Å². The number of hydrogen-bond donors (Lipinski definition) is 1. The van der Waals surface area contributed by atoms with Gasteiger partial charge in [-0.2, -0.15) is 0 Å². The third-order valence-electron chi connectivity index (χ3n) is 5.76. The van der Waals surface area contributed by atoms with E-state index in [0.29, 0.717) is 23.5 Å². The summed E-state index contributed by atoms with van der Waals surface area (Å²) in [5, 5.41) is 0. The van der Waals surface area contributed by atoms with E-state index >= 15 is 0 Å². The molecule has 2 aromatic heterocycles. The van der Waals surface area contributed by atoms with Gasteiger partial charge in [-0.25, -0.2) is 15.0 Å². The topological polar surface area (TPSA) is 161 Å². The molecule has 0 spiro atoms. The maximum absolute atomic E-state index is 13.5. The zero-order chi connectivity index (χ0) is 25.8. The fraction of sp³-hybridized carbons (Fsp3) is 0.667. The Hall–Kier alpha value is -2.60. The first-order chi connectivity index (χ1) is 16.5. The first-order valence-corrected chi connectivity index (χ1v) is 13.0. The largest absolute Gasteiger partial charge is 0.438 e. The summed E-state index contributed by atoms with van der Waals surface area (Å²) < 4.78 is 36.3. The molecule has 0 aliphatic heterocycles. The van der Waals surface area contributed by atoms with Crippen LogP contribution in [0.5, 0.6) is 0 Å². The first-order valence-electron chi connectivity index (χ1n) is 11.3. The lowest BCUT2D eigenvalue weighted by Crippen LogP contribution is -2.38. The second-order valence-corrected chi connectivity index (χ2v) is 11.2. The Labute approximate surface area is 203 Å². The summed E-state index contributed by atoms with van der Waals surface area (Å²) in [5.74, 6) is -1.44. The van der Waals surface area contributed by atoms with Crippen LogP contribution in [0, 0.1) is 11.8 Å². The van der Waals surface area contributed by atoms with Crippen LogP contribution < -0.4 is 5.73 Å². The van der Waals surface area contributed by atoms with Crippen LogP contribution >= 0.6 is 7.60 Å². The van der Waals surface area contributed by atoms with E-state index in [2.05, 4.69) is 15.0 Å². The Morgan fingerprint density at radius 3 is 2.17 bits per heavy atom. The molecule has 0 atom stereocenters. The second-order valence-electron chi connectivity index (χ2n) is 9.21. The number of nitrogen functional groups attached to an aromatic ring is 1. The van der Waals surface area contributed by atoms with Gasteiger partial charge >= 0.3 is 19.5 Å². The molecule has 0 amide bonds. The van der Waals surface area contributed by atoms with Gasteiger partial charge in [-0.3, -0.25) is 28.1 Å². The van der Waals surface area contributed by atoms with Crippen LogP contribution in [0.3, 0.4) is 0 Å². The third-order valence-corrected chi connectivity index (χ3v) is 7.53. The van der Waals surface area contributed by atoms with Crippen molar-refractivity contribution in [2.45, 2.75) is 52.6 Å². The maximum Gasteiger partial charge on any atom is 0.350 e. The molecule has 2 N–H and O–H groups in total. The minimum Gasteiger partial charge on any atom is -0.438 e. The number of nitrogens with two attached hydrogens (primary N) is 1. The molecule has 13 nitrogen and oxygen atoms in total. The Balaban J connectivity index is 1.69. The third kappa shape index (κ3) is 6.75. The van der Waals surface area contributed by atoms with Crippen molar-refractivity contribution in [1.29, 1.82) is 0 Å². The van der Waals surface area contributed by atoms with E-state index in [4.69, 9.17) is 24.3 Å². The lowest BCUT2D eigenvalue weighted by atomic mass is 10.2. The molecular formula is C21H33N6O7P. The molecule has 2 aromatic rings. The van der Waals surface area contributed by atoms with Gasteiger partial charge in [0.05, 0.1) is 18.2 Å². The smallest absolute Gasteiger partial charge is 0.350 e. The number of carbonyl (C=O) groups is 2. The van der Waals surface area contributed by atoms with Crippen molar-refractivity contribution in [1.82, 2.24) is 24.4 Å². The van der Waals surface area contributed by atoms with Gasteiger partial charge in [-0.1, -0.05) is 27.7 Å². The minimum atomic E-state index is -3.85. The molecule has 0 unspecified atom stereocenters. The van der Waals surface area contributed by atoms with E-state index in [-0.39, 0.29) is 23.7 Å². The molecule has 1 fully saturated rings. The highest BCUT2D eigenvalue weighted by Gasteiger charge is 2.49. The van der Waals surface area contributed by atoms with Crippen molar-refractivity contribution < 1.29 is 32.7 Å². The van der Waals surface area contributed by atoms with Crippen LogP contribution in [0.2, 0.25) is 0 Å². The van der Waals surface area contributed by atoms with Gasteiger partial charge in [0.2, 0.25) is 13.6 Å². The standard InChI is InChI=1S/C21H33N6O7P/c1-14(2)19(28)31-12-33-35(30,34-13-32-20(29)15(3)4)11-26(5)21(6-7-21)8-27-10-25-16-17(22)23-9-24-18(16)27/h9-10,14-15H,6-8,11-13H2,1-5H3,(H2,22,23,24). The number of esters is 2. The minimum absolute atomic E-state index is 0.116. The molecule has 35 heavy (non-hydrogen) atoms. The number of anilines is 1. The highest BCUT2D eigenvalue weighted by Crippen LogP contribution is 2.53. The van der Waals surface area contributed by atoms with Crippen LogP contribution in [-0.2, 0) is 39.2 Å². The fourth-order valence-corrected chi connectivity index (χ4v) is 4.81. The van der Waals surface area contributed by atoms with Crippen molar-refractivity contribution in [3.05, 3.63) is 12.7 Å². The molecular weight excluding hydrogens is 479 g/mol. The quantitative estimate of drug-likeness (QED) is 0.237. The average Bonchev–Trinajstić information content (AvgIpc) is 3.46. The number of fused-ring (bicyclic) bond motifs is 1. The van der Waals surface area contributed by atoms with Crippen molar-refractivity contribution in [3.8, 4) is 0 Å². The number of rotatable bonds is 13. The lowest BCUT2D eigenvalue weighted by molar-refractivity contribution is -0.156. The summed E-state index contributed by atoms with van der Waals surface area (Å²) in [5.41, 5.74) is 6.66. The van der Waals surface area contributed by atoms with Gasteiger partial charge in [0.15, 0.2) is 11.5 Å². The average molecular weight is 513 g/mol. The van der Waals surface area contributed by atoms with Gasteiger partial charge in [-0.05, 0) is 19.9 Å². The Morgan fingerprint density at radius 2 is 1.66 bits per heavy atom. The molecule has 14 heteroatoms. The van der Waals surface area contributed by atoms with Crippen LogP contribution in [-0.4, -0.2) is 68.8 Å². The second kappa shape index (κ2) is 11.0. The molecule has 0 saturated heterocycles. The molecule has 1 aliphatic rings. The van der Waals surface area contributed by atoms with E-state index in [1.54, 1.807) is 41.1 Å². The SMILES string of the molecule is CC(C)C(=O)OCOP(=O)(CN(C)C1(Cn2cnc3c(N)ncnc32)CC1)OCOC(=O)C(C)C. The van der Waals surface area contributed by atoms with Gasteiger partial charge in [0, 0.05) is 12.1 Å². The fourth-order valence-electron chi connectivity index (χ4n) is 3.33. The molecule has 3 rings (SSSR count). The Bertz CT molecular complexity index is 1070. The molecule has 2 heterocycles. The highest BCUT2D eigenvalue weighted by molar-refractivity contribution is 7.53. The van der Waals surface area contributed by atoms with Crippen molar-refractivity contribution in [3.63, 3.8) is 0 Å². The molecule has 1 saturated carbocycles. The summed E-state index contributed by atoms with van der Waals surface area (Å²) in [6.07, 6.45) is 4.57. The number of nitrogens with zero attached hydrogens (tertiary/aromatic N) is 5. The summed E-state index contributed by atoms with van der Waals surface area (Å²) >= 11 is 0. The van der Waals surface area contributed by atoms with E-state index in [0.717, 1.165) is 12.8 Å². The van der Waals surface area contributed by atoms with Gasteiger partial charge in [-0.15, -0.1) is 0 Å². The number of imidazole rings is 1. The van der Waals surface area contributed by atoms with Crippen molar-refractivity contribution in [2.75, 3.05) is 32.7 Å². The maximum atomic E-state index is 13.5. The summed E-state index contributed by atoms with van der Waals surface area (Å²) in [6, 6.07) is 0. The zero-order valence-corrected chi connectivity index (χ0v) is 21.6. The van der Waals surface area contributed by atoms with E-state index in [1.807, 2.05) is 9.47 Å². The molecule has 0 radical (unpaired) electrons. The van der Waals surface area contributed by atoms with Crippen LogP contribution in [0.15, 0.2) is 12.7 Å². The normalized spacial score (nSPS) is 15.2. The first kappa shape index (κ1) is 27.0. The summed E-state index contributed by atoms with van der Waals surface area (Å²) in [7, 11) is -2.05. The van der Waals surface area contributed by atoms with Gasteiger partial charge < -0.3 is 19.8 Å². The zero-order valence-electron chi connectivity index (χ0n) is 20.7. The molecule has 0 bridgehead atoms. The number of aromatic nitrogens is 4. The molecule has 1 aliphatic carbocycles. The number of ether oxygens (including phenoxy) is 2. The molecule has 194 valence electrons. The van der Waals surface area contributed by atoms with Gasteiger partial charge in [0.1, 0.15) is 18.1 Å². The predicted molar refractivity (Wildman–Crippen MR) is 126 cm³/mol. The number of likely N-dealkylation sites (N-methyl/N-ethyl adjacent to an activating group) is 1. The van der Waals surface area contributed by atoms with E-state index < -0.39 is 33.1 Å². The Morgan fingerprint density at radius 1 is 1.09 bits per heavy atom. The number of carbonyl (C=O) groups excluding carboxylic acids is 2.